The summed E-state index contributed by atoms with van der Waals surface area (Å²) in [6.07, 6.45) is 1.91. The van der Waals surface area contributed by atoms with Gasteiger partial charge in [0.25, 0.3) is 0 Å². The van der Waals surface area contributed by atoms with Crippen LogP contribution in [0.25, 0.3) is 11.1 Å². The number of carbonyl (C=O) groups excluding carboxylic acids is 1. The van der Waals surface area contributed by atoms with Crippen molar-refractivity contribution in [2.75, 3.05) is 58.8 Å². The summed E-state index contributed by atoms with van der Waals surface area (Å²) in [6.45, 7) is 5.49. The molecule has 43 heavy (non-hydrogen) atoms. The summed E-state index contributed by atoms with van der Waals surface area (Å²) in [4.78, 5) is 19.7. The van der Waals surface area contributed by atoms with Crippen LogP contribution in [0.5, 0.6) is 11.5 Å². The van der Waals surface area contributed by atoms with Crippen LogP contribution in [0.15, 0.2) is 91.0 Å². The second-order valence-corrected chi connectivity index (χ2v) is 11.7. The fourth-order valence-electron chi connectivity index (χ4n) is 5.56. The van der Waals surface area contributed by atoms with Gasteiger partial charge in [0, 0.05) is 49.5 Å². The SMILES string of the molecule is COC(=O)c1ccc(N2CCN(Cc3ccccc3-c3ccc(Cl)cc3)CC2)cc1Oc1ccccc1CCCN(C)C. The lowest BCUT2D eigenvalue weighted by Crippen LogP contribution is -2.46. The molecule has 5 rings (SSSR count). The maximum absolute atomic E-state index is 12.7. The van der Waals surface area contributed by atoms with Gasteiger partial charge in [0.1, 0.15) is 17.1 Å². The average molecular weight is 598 g/mol. The topological polar surface area (TPSA) is 45.3 Å². The van der Waals surface area contributed by atoms with Gasteiger partial charge < -0.3 is 19.3 Å². The number of nitrogens with zero attached hydrogens (tertiary/aromatic N) is 3. The highest BCUT2D eigenvalue weighted by molar-refractivity contribution is 6.30. The lowest BCUT2D eigenvalue weighted by Gasteiger charge is -2.36. The summed E-state index contributed by atoms with van der Waals surface area (Å²) in [7, 11) is 5.56. The van der Waals surface area contributed by atoms with Crippen molar-refractivity contribution in [1.82, 2.24) is 9.80 Å². The van der Waals surface area contributed by atoms with Gasteiger partial charge in [-0.2, -0.15) is 0 Å². The largest absolute Gasteiger partial charge is 0.465 e. The van der Waals surface area contributed by atoms with E-state index in [-0.39, 0.29) is 0 Å². The zero-order chi connectivity index (χ0) is 30.2. The van der Waals surface area contributed by atoms with Gasteiger partial charge in [0.15, 0.2) is 0 Å². The van der Waals surface area contributed by atoms with Crippen molar-refractivity contribution in [2.24, 2.45) is 0 Å². The molecule has 0 N–H and O–H groups in total. The molecule has 0 unspecified atom stereocenters. The van der Waals surface area contributed by atoms with E-state index in [1.54, 1.807) is 0 Å². The van der Waals surface area contributed by atoms with Gasteiger partial charge >= 0.3 is 5.97 Å². The van der Waals surface area contributed by atoms with Crippen molar-refractivity contribution in [3.8, 4) is 22.6 Å². The van der Waals surface area contributed by atoms with Gasteiger partial charge in [-0.25, -0.2) is 4.79 Å². The van der Waals surface area contributed by atoms with Crippen LogP contribution in [0.1, 0.15) is 27.9 Å². The lowest BCUT2D eigenvalue weighted by atomic mass is 9.99. The summed E-state index contributed by atoms with van der Waals surface area (Å²) >= 11 is 6.13. The maximum Gasteiger partial charge on any atom is 0.341 e. The Kier molecular flexibility index (Phi) is 10.4. The molecule has 0 aliphatic carbocycles. The van der Waals surface area contributed by atoms with Gasteiger partial charge in [-0.15, -0.1) is 0 Å². The zero-order valence-corrected chi connectivity index (χ0v) is 26.0. The number of methoxy groups -OCH3 is 1. The van der Waals surface area contributed by atoms with Gasteiger partial charge in [-0.05, 0) is 86.1 Å². The molecule has 4 aromatic carbocycles. The molecule has 0 bridgehead atoms. The molecule has 0 aromatic heterocycles. The van der Waals surface area contributed by atoms with Gasteiger partial charge in [0.05, 0.1) is 7.11 Å². The average Bonchev–Trinajstić information content (AvgIpc) is 3.02. The summed E-state index contributed by atoms with van der Waals surface area (Å²) in [5.41, 5.74) is 6.30. The number of hydrogen-bond donors (Lipinski definition) is 0. The molecule has 1 aliphatic rings. The summed E-state index contributed by atoms with van der Waals surface area (Å²) in [5.74, 6) is 0.882. The molecular weight excluding hydrogens is 558 g/mol. The van der Waals surface area contributed by atoms with Crippen molar-refractivity contribution >= 4 is 23.3 Å². The third kappa shape index (κ3) is 7.96. The number of anilines is 1. The molecule has 224 valence electrons. The van der Waals surface area contributed by atoms with Crippen LogP contribution >= 0.6 is 11.6 Å². The standard InChI is InChI=1S/C36H40ClN3O3/c1-38(2)20-8-11-28-9-5-7-13-34(28)43-35-25-31(18-19-33(35)36(41)42-3)40-23-21-39(22-24-40)26-29-10-4-6-12-32(29)27-14-16-30(37)17-15-27/h4-7,9-10,12-19,25H,8,11,20-24,26H2,1-3H3. The van der Waals surface area contributed by atoms with E-state index in [1.807, 2.05) is 48.5 Å². The second kappa shape index (κ2) is 14.6. The zero-order valence-electron chi connectivity index (χ0n) is 25.3. The molecule has 0 amide bonds. The molecule has 0 spiro atoms. The summed E-state index contributed by atoms with van der Waals surface area (Å²) in [5, 5.41) is 0.745. The van der Waals surface area contributed by atoms with Crippen LogP contribution in [-0.4, -0.2) is 69.7 Å². The quantitative estimate of drug-likeness (QED) is 0.168. The smallest absolute Gasteiger partial charge is 0.341 e. The lowest BCUT2D eigenvalue weighted by molar-refractivity contribution is 0.0598. The first-order valence-corrected chi connectivity index (χ1v) is 15.2. The van der Waals surface area contributed by atoms with Crippen LogP contribution in [-0.2, 0) is 17.7 Å². The number of para-hydroxylation sites is 1. The Morgan fingerprint density at radius 1 is 0.837 bits per heavy atom. The highest BCUT2D eigenvalue weighted by atomic mass is 35.5. The third-order valence-corrected chi connectivity index (χ3v) is 8.17. The van der Waals surface area contributed by atoms with Crippen LogP contribution < -0.4 is 9.64 Å². The van der Waals surface area contributed by atoms with Crippen LogP contribution in [0, 0.1) is 0 Å². The Morgan fingerprint density at radius 3 is 2.26 bits per heavy atom. The summed E-state index contributed by atoms with van der Waals surface area (Å²) < 4.78 is 11.5. The Morgan fingerprint density at radius 2 is 1.53 bits per heavy atom. The van der Waals surface area contributed by atoms with Crippen molar-refractivity contribution in [3.05, 3.63) is 113 Å². The van der Waals surface area contributed by atoms with E-state index >= 15 is 0 Å². The van der Waals surface area contributed by atoms with Crippen molar-refractivity contribution in [3.63, 3.8) is 0 Å². The molecule has 1 saturated heterocycles. The van der Waals surface area contributed by atoms with Crippen LogP contribution in [0.2, 0.25) is 5.02 Å². The second-order valence-electron chi connectivity index (χ2n) is 11.2. The number of rotatable bonds is 11. The molecule has 6 nitrogen and oxygen atoms in total. The van der Waals surface area contributed by atoms with Gasteiger partial charge in [0.2, 0.25) is 0 Å². The minimum absolute atomic E-state index is 0.407. The number of esters is 1. The number of aryl methyl sites for hydroxylation is 1. The Bertz CT molecular complexity index is 1510. The number of benzene rings is 4. The van der Waals surface area contributed by atoms with E-state index in [0.717, 1.165) is 74.1 Å². The molecule has 4 aromatic rings. The van der Waals surface area contributed by atoms with Crippen molar-refractivity contribution in [1.29, 1.82) is 0 Å². The highest BCUT2D eigenvalue weighted by Gasteiger charge is 2.22. The number of halogens is 1. The normalized spacial score (nSPS) is 13.7. The van der Waals surface area contributed by atoms with Gasteiger partial charge in [-0.1, -0.05) is 66.2 Å². The minimum Gasteiger partial charge on any atom is -0.465 e. The number of hydrogen-bond acceptors (Lipinski definition) is 6. The minimum atomic E-state index is -0.407. The first-order valence-electron chi connectivity index (χ1n) is 14.9. The molecule has 1 fully saturated rings. The molecule has 0 saturated carbocycles. The van der Waals surface area contributed by atoms with E-state index < -0.39 is 5.97 Å². The molecule has 1 heterocycles. The monoisotopic (exact) mass is 597 g/mol. The number of carbonyl (C=O) groups is 1. The Balaban J connectivity index is 1.29. The maximum atomic E-state index is 12.7. The van der Waals surface area contributed by atoms with Gasteiger partial charge in [-0.3, -0.25) is 4.90 Å². The van der Waals surface area contributed by atoms with Crippen LogP contribution in [0.4, 0.5) is 5.69 Å². The van der Waals surface area contributed by atoms with Crippen molar-refractivity contribution in [2.45, 2.75) is 19.4 Å². The van der Waals surface area contributed by atoms with Crippen LogP contribution in [0.3, 0.4) is 0 Å². The number of piperazine rings is 1. The molecule has 7 heteroatoms. The molecule has 0 radical (unpaired) electrons. The molecule has 0 atom stereocenters. The fourth-order valence-corrected chi connectivity index (χ4v) is 5.69. The first kappa shape index (κ1) is 30.6. The van der Waals surface area contributed by atoms with E-state index in [1.165, 1.54) is 23.8 Å². The predicted molar refractivity (Wildman–Crippen MR) is 176 cm³/mol. The first-order chi connectivity index (χ1) is 20.9. The van der Waals surface area contributed by atoms with E-state index in [4.69, 9.17) is 21.1 Å². The Hall–Kier alpha value is -3.84. The Labute approximate surface area is 260 Å². The van der Waals surface area contributed by atoms with E-state index in [2.05, 4.69) is 71.3 Å². The molecular formula is C36H40ClN3O3. The van der Waals surface area contributed by atoms with E-state index in [0.29, 0.717) is 11.3 Å². The highest BCUT2D eigenvalue weighted by Crippen LogP contribution is 2.34. The predicted octanol–water partition coefficient (Wildman–Crippen LogP) is 7.40. The van der Waals surface area contributed by atoms with E-state index in [9.17, 15) is 4.79 Å². The fraction of sp³-hybridized carbons (Fsp3) is 0.306. The molecule has 1 aliphatic heterocycles. The summed E-state index contributed by atoms with van der Waals surface area (Å²) in [6, 6.07) is 30.5. The third-order valence-electron chi connectivity index (χ3n) is 7.92. The van der Waals surface area contributed by atoms with Crippen molar-refractivity contribution < 1.29 is 14.3 Å². The number of ether oxygens (including phenoxy) is 2.